The molecule has 2 aliphatic rings. The second-order valence-electron chi connectivity index (χ2n) is 19.3. The molecule has 21 nitrogen and oxygen atoms in total. The molecule has 0 radical (unpaired) electrons. The Bertz CT molecular complexity index is 3230. The second kappa shape index (κ2) is 28.3. The van der Waals surface area contributed by atoms with E-state index in [2.05, 4.69) is 47.1 Å². The van der Waals surface area contributed by atoms with Gasteiger partial charge in [0.15, 0.2) is 5.60 Å². The van der Waals surface area contributed by atoms with Gasteiger partial charge in [0.25, 0.3) is 23.2 Å². The first-order chi connectivity index (χ1) is 39.2. The molecule has 0 spiro atoms. The predicted octanol–water partition coefficient (Wildman–Crippen LogP) is 11.5. The fraction of sp³-hybridized carbons (Fsp3) is 0.281. The van der Waals surface area contributed by atoms with Gasteiger partial charge in [0.1, 0.15) is 5.01 Å². The van der Waals surface area contributed by atoms with E-state index >= 15 is 0 Å². The molecule has 1 saturated carbocycles. The van der Waals surface area contributed by atoms with Gasteiger partial charge in [0.2, 0.25) is 5.13 Å². The van der Waals surface area contributed by atoms with E-state index in [1.807, 2.05) is 67.3 Å². The summed E-state index contributed by atoms with van der Waals surface area (Å²) in [7, 11) is 0. The highest BCUT2D eigenvalue weighted by Crippen LogP contribution is 2.40. The predicted molar refractivity (Wildman–Crippen MR) is 304 cm³/mol. The first-order valence-electron chi connectivity index (χ1n) is 25.9. The molecule has 2 aromatic heterocycles. The number of carbonyl (C=O) groups is 4. The smallest absolute Gasteiger partial charge is 0.380 e. The topological polar surface area (TPSA) is 289 Å². The van der Waals surface area contributed by atoms with Crippen LogP contribution in [0.5, 0.6) is 0 Å². The van der Waals surface area contributed by atoms with Gasteiger partial charge in [-0.05, 0) is 122 Å². The zero-order valence-electron chi connectivity index (χ0n) is 44.5. The van der Waals surface area contributed by atoms with Crippen molar-refractivity contribution >= 4 is 68.8 Å². The average molecular weight is 1150 g/mol. The van der Waals surface area contributed by atoms with E-state index in [0.29, 0.717) is 17.6 Å². The number of amides is 6. The van der Waals surface area contributed by atoms with Crippen LogP contribution in [0, 0.1) is 34.1 Å². The van der Waals surface area contributed by atoms with Crippen LogP contribution in [-0.2, 0) is 6.54 Å². The van der Waals surface area contributed by atoms with Crippen LogP contribution in [0.25, 0.3) is 0 Å². The highest BCUT2D eigenvalue weighted by molar-refractivity contribution is 7.15. The van der Waals surface area contributed by atoms with Gasteiger partial charge in [-0.15, -0.1) is 10.2 Å². The summed E-state index contributed by atoms with van der Waals surface area (Å²) in [5.41, 5.74) is 2.99. The Labute approximate surface area is 473 Å². The quantitative estimate of drug-likeness (QED) is 0.0372. The largest absolute Gasteiger partial charge is 0.417 e. The molecule has 5 aromatic carbocycles. The molecule has 9 rings (SSSR count). The Morgan fingerprint density at radius 3 is 1.78 bits per heavy atom. The summed E-state index contributed by atoms with van der Waals surface area (Å²) < 4.78 is 39.3. The molecule has 7 N–H and O–H groups in total. The summed E-state index contributed by atoms with van der Waals surface area (Å²) in [6, 6.07) is 34.6. The molecule has 25 heteroatoms. The van der Waals surface area contributed by atoms with Gasteiger partial charge in [0, 0.05) is 96.9 Å². The lowest BCUT2D eigenvalue weighted by Gasteiger charge is -2.42. The molecular weight excluding hydrogens is 1090 g/mol. The lowest BCUT2D eigenvalue weighted by Crippen LogP contribution is -2.54. The van der Waals surface area contributed by atoms with E-state index in [-0.39, 0.29) is 71.6 Å². The van der Waals surface area contributed by atoms with Crippen LogP contribution in [0.15, 0.2) is 146 Å². The Balaban J connectivity index is 0.000000179. The normalized spacial score (nSPS) is 14.3. The van der Waals surface area contributed by atoms with E-state index in [1.54, 1.807) is 24.5 Å². The number of nitro benzene ring substituents is 2. The SMILES string of the molecule is Cc1ccc(NC(=O)Nc2nnc(C3CCCC3)s2)cc1C.O=C(NCc1ccccc1)NCC(c1ccncc1)N1CCC(O)(C(F)(F)F)CC1.O=C(Nc1cccc([N+](=O)[O-])c1)c1ccc(C(=O)Nc2cccc([N+](=O)[O-])c2)cc1. The number of hydrogen-bond acceptors (Lipinski definition) is 14. The Morgan fingerprint density at radius 2 is 1.24 bits per heavy atom. The van der Waals surface area contributed by atoms with Gasteiger partial charge in [-0.1, -0.05) is 72.7 Å². The molecule has 0 bridgehead atoms. The number of likely N-dealkylation sites (tertiary alicyclic amines) is 1. The number of non-ortho nitro benzene ring substituents is 2. The number of anilines is 4. The molecular formula is C57H59F3N12O9S. The number of piperidine rings is 1. The lowest BCUT2D eigenvalue weighted by atomic mass is 9.89. The number of nitrogens with zero attached hydrogens (tertiary/aromatic N) is 6. The van der Waals surface area contributed by atoms with Crippen LogP contribution >= 0.6 is 11.3 Å². The van der Waals surface area contributed by atoms with Gasteiger partial charge in [0.05, 0.1) is 15.9 Å². The number of aliphatic hydroxyl groups is 1. The maximum atomic E-state index is 13.1. The number of carbonyl (C=O) groups excluding carboxylic acids is 4. The third-order valence-corrected chi connectivity index (χ3v) is 14.6. The number of alkyl halides is 3. The van der Waals surface area contributed by atoms with E-state index in [1.165, 1.54) is 115 Å². The van der Waals surface area contributed by atoms with Crippen LogP contribution in [0.1, 0.15) is 98.5 Å². The summed E-state index contributed by atoms with van der Waals surface area (Å²) in [4.78, 5) is 75.2. The molecule has 3 heterocycles. The Kier molecular flexibility index (Phi) is 20.8. The summed E-state index contributed by atoms with van der Waals surface area (Å²) in [6.07, 6.45) is 2.65. The summed E-state index contributed by atoms with van der Waals surface area (Å²) in [5, 5.41) is 57.7. The molecule has 428 valence electrons. The molecule has 1 saturated heterocycles. The third kappa shape index (κ3) is 17.4. The van der Waals surface area contributed by atoms with Crippen molar-refractivity contribution in [3.63, 3.8) is 0 Å². The number of hydrogen-bond donors (Lipinski definition) is 7. The minimum Gasteiger partial charge on any atom is -0.380 e. The molecule has 6 amide bonds. The molecule has 2 fully saturated rings. The van der Waals surface area contributed by atoms with Crippen molar-refractivity contribution in [2.24, 2.45) is 0 Å². The van der Waals surface area contributed by atoms with E-state index in [0.717, 1.165) is 27.4 Å². The van der Waals surface area contributed by atoms with Gasteiger partial charge >= 0.3 is 18.2 Å². The average Bonchev–Trinajstić information content (AvgIpc) is 4.24. The molecule has 7 aromatic rings. The zero-order valence-corrected chi connectivity index (χ0v) is 45.3. The standard InChI is InChI=1S/C21H25F3N4O2.C20H14N4O6.C16H20N4OS/c22-21(23,24)20(30)8-12-28(13-9-20)18(17-6-10-25-11-7-17)15-27-19(29)26-14-16-4-2-1-3-5-16;25-19(21-15-3-1-5-17(11-15)23(27)28)13-7-9-14(10-8-13)20(26)22-16-4-2-6-18(12-16)24(29)30;1-10-7-8-13(9-11(10)2)17-15(21)18-16-20-19-14(22-16)12-5-3-4-6-12/h1-7,10-11,18,30H,8-9,12-15H2,(H2,26,27,29);1-12H,(H,21,25)(H,22,26);7-9,12H,3-6H2,1-2H3,(H2,17,18,20,21). The maximum absolute atomic E-state index is 13.1. The number of urea groups is 2. The van der Waals surface area contributed by atoms with Crippen molar-refractivity contribution in [3.8, 4) is 0 Å². The number of aromatic nitrogens is 3. The number of aryl methyl sites for hydroxylation is 2. The lowest BCUT2D eigenvalue weighted by molar-refractivity contribution is -0.385. The van der Waals surface area contributed by atoms with Crippen molar-refractivity contribution in [3.05, 3.63) is 204 Å². The highest BCUT2D eigenvalue weighted by atomic mass is 32.1. The minimum absolute atomic E-state index is 0.0658. The van der Waals surface area contributed by atoms with Crippen LogP contribution in [0.2, 0.25) is 0 Å². The number of benzene rings is 5. The fourth-order valence-corrected chi connectivity index (χ4v) is 9.75. The monoisotopic (exact) mass is 1140 g/mol. The number of nitrogens with one attached hydrogen (secondary N) is 6. The van der Waals surface area contributed by atoms with Crippen LogP contribution in [-0.4, -0.2) is 90.3 Å². The Morgan fingerprint density at radius 1 is 0.683 bits per heavy atom. The third-order valence-electron chi connectivity index (χ3n) is 13.6. The van der Waals surface area contributed by atoms with E-state index in [9.17, 15) is 57.7 Å². The summed E-state index contributed by atoms with van der Waals surface area (Å²) >= 11 is 1.48. The molecule has 82 heavy (non-hydrogen) atoms. The first-order valence-corrected chi connectivity index (χ1v) is 26.7. The maximum Gasteiger partial charge on any atom is 0.417 e. The molecule has 1 atom stereocenters. The number of halogens is 3. The van der Waals surface area contributed by atoms with Gasteiger partial charge < -0.3 is 31.7 Å². The van der Waals surface area contributed by atoms with E-state index < -0.39 is 46.3 Å². The van der Waals surface area contributed by atoms with Crippen molar-refractivity contribution in [1.82, 2.24) is 30.7 Å². The highest BCUT2D eigenvalue weighted by Gasteiger charge is 2.55. The molecule has 1 aliphatic heterocycles. The first kappa shape index (κ1) is 60.4. The Hall–Kier alpha value is -9.20. The van der Waals surface area contributed by atoms with Gasteiger partial charge in [-0.3, -0.25) is 45.0 Å². The second-order valence-corrected chi connectivity index (χ2v) is 20.3. The van der Waals surface area contributed by atoms with Gasteiger partial charge in [-0.25, -0.2) is 9.59 Å². The number of rotatable bonds is 15. The van der Waals surface area contributed by atoms with Crippen molar-refractivity contribution in [2.75, 3.05) is 40.9 Å². The zero-order chi connectivity index (χ0) is 58.8. The van der Waals surface area contributed by atoms with Crippen LogP contribution < -0.4 is 31.9 Å². The molecule has 1 unspecified atom stereocenters. The number of nitro groups is 2. The number of pyridine rings is 1. The van der Waals surface area contributed by atoms with Gasteiger partial charge in [-0.2, -0.15) is 13.2 Å². The summed E-state index contributed by atoms with van der Waals surface area (Å²) in [6.45, 7) is 4.79. The van der Waals surface area contributed by atoms with Crippen molar-refractivity contribution in [1.29, 1.82) is 0 Å². The van der Waals surface area contributed by atoms with E-state index in [4.69, 9.17) is 0 Å². The van der Waals surface area contributed by atoms with Crippen molar-refractivity contribution in [2.45, 2.75) is 82.7 Å². The minimum atomic E-state index is -4.65. The van der Waals surface area contributed by atoms with Crippen molar-refractivity contribution < 1.29 is 47.3 Å². The fourth-order valence-electron chi connectivity index (χ4n) is 8.84. The van der Waals surface area contributed by atoms with Crippen LogP contribution in [0.3, 0.4) is 0 Å². The van der Waals surface area contributed by atoms with Crippen LogP contribution in [0.4, 0.5) is 56.3 Å². The molecule has 1 aliphatic carbocycles. The summed E-state index contributed by atoms with van der Waals surface area (Å²) in [5.74, 6) is -0.474.